The Morgan fingerprint density at radius 2 is 0.848 bits per heavy atom. The summed E-state index contributed by atoms with van der Waals surface area (Å²) in [5, 5.41) is 8.87. The summed E-state index contributed by atoms with van der Waals surface area (Å²) >= 11 is 0. The third kappa shape index (κ3) is 36.4. The van der Waals surface area contributed by atoms with Crippen molar-refractivity contribution in [1.82, 2.24) is 0 Å². The summed E-state index contributed by atoms with van der Waals surface area (Å²) < 4.78 is 5.92. The van der Waals surface area contributed by atoms with E-state index < -0.39 is 5.97 Å². The number of carbonyl (C=O) groups excluding carboxylic acids is 1. The molecule has 266 valence electrons. The highest BCUT2D eigenvalue weighted by Gasteiger charge is 2.14. The minimum Gasteiger partial charge on any atom is -0.481 e. The smallest absolute Gasteiger partial charge is 0.306 e. The van der Waals surface area contributed by atoms with E-state index in [4.69, 9.17) is 9.84 Å². The lowest BCUT2D eigenvalue weighted by Gasteiger charge is -2.18. The number of carbonyl (C=O) groups is 2. The number of carboxylic acid groups (broad SMARTS) is 1. The van der Waals surface area contributed by atoms with E-state index in [1.807, 2.05) is 0 Å². The Balaban J connectivity index is 3.93. The lowest BCUT2D eigenvalue weighted by Crippen LogP contribution is -2.18. The molecule has 1 unspecified atom stereocenters. The highest BCUT2D eigenvalue weighted by molar-refractivity contribution is 5.69. The van der Waals surface area contributed by atoms with Gasteiger partial charge >= 0.3 is 11.9 Å². The molecule has 0 amide bonds. The van der Waals surface area contributed by atoms with Crippen molar-refractivity contribution in [2.75, 3.05) is 0 Å². The van der Waals surface area contributed by atoms with Crippen molar-refractivity contribution in [1.29, 1.82) is 0 Å². The molecule has 0 bridgehead atoms. The molecule has 0 aliphatic carbocycles. The maximum atomic E-state index is 12.6. The fourth-order valence-corrected chi connectivity index (χ4v) is 5.64. The molecule has 46 heavy (non-hydrogen) atoms. The van der Waals surface area contributed by atoms with Gasteiger partial charge in [-0.25, -0.2) is 0 Å². The summed E-state index contributed by atoms with van der Waals surface area (Å²) in [4.78, 5) is 23.4. The molecule has 0 saturated carbocycles. The average molecular weight is 643 g/mol. The first-order valence-electron chi connectivity index (χ1n) is 19.6. The molecule has 1 N–H and O–H groups in total. The lowest BCUT2D eigenvalue weighted by atomic mass is 10.0. The van der Waals surface area contributed by atoms with Crippen LogP contribution in [0.25, 0.3) is 0 Å². The number of hydrogen-bond donors (Lipinski definition) is 1. The molecular formula is C42H74O4. The van der Waals surface area contributed by atoms with Crippen molar-refractivity contribution < 1.29 is 19.4 Å². The van der Waals surface area contributed by atoms with Gasteiger partial charge in [0.1, 0.15) is 6.10 Å². The van der Waals surface area contributed by atoms with Crippen molar-refractivity contribution in [3.63, 3.8) is 0 Å². The Morgan fingerprint density at radius 3 is 1.37 bits per heavy atom. The standard InChI is InChI=1S/C42H74O4/c1-3-5-7-9-11-13-14-15-16-17-18-19-20-21-22-23-24-26-28-30-35-39-42(45)46-40(37-33-31-34-38-41(43)44)36-32-29-27-25-12-10-8-6-4-2/h11,13,15-16,18-19,21-22,40H,3-10,12,14,17,20,23-39H2,1-2H3,(H,43,44)/b13-11-,16-15-,19-18-,22-21-. The Kier molecular flexibility index (Phi) is 35.7. The largest absolute Gasteiger partial charge is 0.481 e. The summed E-state index contributed by atoms with van der Waals surface area (Å²) in [6.07, 6.45) is 49.8. The SMILES string of the molecule is CCCCC/C=C\C/C=C\C/C=C\C/C=C\CCCCCCCC(=O)OC(CCCCCCCCCCC)CCCCCC(=O)O. The van der Waals surface area contributed by atoms with E-state index >= 15 is 0 Å². The molecule has 0 aliphatic heterocycles. The highest BCUT2D eigenvalue weighted by atomic mass is 16.5. The molecule has 0 rings (SSSR count). The summed E-state index contributed by atoms with van der Waals surface area (Å²) in [7, 11) is 0. The van der Waals surface area contributed by atoms with Gasteiger partial charge in [0.25, 0.3) is 0 Å². The zero-order chi connectivity index (χ0) is 33.6. The minimum absolute atomic E-state index is 0.00712. The van der Waals surface area contributed by atoms with Crippen molar-refractivity contribution in [2.24, 2.45) is 0 Å². The first kappa shape index (κ1) is 43.9. The third-order valence-electron chi connectivity index (χ3n) is 8.55. The van der Waals surface area contributed by atoms with E-state index in [1.54, 1.807) is 0 Å². The zero-order valence-corrected chi connectivity index (χ0v) is 30.4. The fourth-order valence-electron chi connectivity index (χ4n) is 5.64. The summed E-state index contributed by atoms with van der Waals surface area (Å²) in [5.74, 6) is -0.777. The van der Waals surface area contributed by atoms with Gasteiger partial charge in [-0.2, -0.15) is 0 Å². The van der Waals surface area contributed by atoms with Crippen LogP contribution in [0.2, 0.25) is 0 Å². The van der Waals surface area contributed by atoms with E-state index in [0.29, 0.717) is 12.8 Å². The minimum atomic E-state index is -0.729. The van der Waals surface area contributed by atoms with E-state index in [-0.39, 0.29) is 18.5 Å². The van der Waals surface area contributed by atoms with Crippen molar-refractivity contribution in [3.8, 4) is 0 Å². The zero-order valence-electron chi connectivity index (χ0n) is 30.4. The van der Waals surface area contributed by atoms with Crippen LogP contribution in [0.3, 0.4) is 0 Å². The second-order valence-electron chi connectivity index (χ2n) is 13.1. The first-order valence-corrected chi connectivity index (χ1v) is 19.6. The summed E-state index contributed by atoms with van der Waals surface area (Å²) in [6.45, 7) is 4.50. The molecule has 0 saturated heterocycles. The predicted octanol–water partition coefficient (Wildman–Crippen LogP) is 13.6. The Hall–Kier alpha value is -2.10. The van der Waals surface area contributed by atoms with Gasteiger partial charge in [0.15, 0.2) is 0 Å². The normalized spacial score (nSPS) is 12.7. The van der Waals surface area contributed by atoms with Gasteiger partial charge in [-0.05, 0) is 83.5 Å². The van der Waals surface area contributed by atoms with Gasteiger partial charge in [-0.15, -0.1) is 0 Å². The van der Waals surface area contributed by atoms with E-state index in [2.05, 4.69) is 62.5 Å². The molecule has 1 atom stereocenters. The van der Waals surface area contributed by atoms with Crippen LogP contribution < -0.4 is 0 Å². The molecule has 0 aliphatic rings. The monoisotopic (exact) mass is 643 g/mol. The van der Waals surface area contributed by atoms with Crippen molar-refractivity contribution in [3.05, 3.63) is 48.6 Å². The van der Waals surface area contributed by atoms with Crippen LogP contribution >= 0.6 is 0 Å². The number of rotatable bonds is 35. The second kappa shape index (κ2) is 37.4. The summed E-state index contributed by atoms with van der Waals surface area (Å²) in [6, 6.07) is 0. The molecule has 0 aromatic carbocycles. The van der Waals surface area contributed by atoms with Gasteiger partial charge in [-0.3, -0.25) is 9.59 Å². The first-order chi connectivity index (χ1) is 22.6. The van der Waals surface area contributed by atoms with Gasteiger partial charge < -0.3 is 9.84 Å². The topological polar surface area (TPSA) is 63.6 Å². The van der Waals surface area contributed by atoms with Gasteiger partial charge in [0.05, 0.1) is 0 Å². The van der Waals surface area contributed by atoms with E-state index in [1.165, 1.54) is 96.3 Å². The van der Waals surface area contributed by atoms with E-state index in [0.717, 1.165) is 70.6 Å². The second-order valence-corrected chi connectivity index (χ2v) is 13.1. The number of hydrogen-bond acceptors (Lipinski definition) is 3. The maximum absolute atomic E-state index is 12.6. The number of allylic oxidation sites excluding steroid dienone is 8. The molecule has 0 fully saturated rings. The third-order valence-corrected chi connectivity index (χ3v) is 8.55. The van der Waals surface area contributed by atoms with Crippen LogP contribution in [0, 0.1) is 0 Å². The maximum Gasteiger partial charge on any atom is 0.306 e. The highest BCUT2D eigenvalue weighted by Crippen LogP contribution is 2.18. The Bertz CT molecular complexity index is 779. The average Bonchev–Trinajstić information content (AvgIpc) is 3.04. The number of carboxylic acids is 1. The molecule has 0 aromatic rings. The number of ether oxygens (including phenoxy) is 1. The molecule has 4 nitrogen and oxygen atoms in total. The fraction of sp³-hybridized carbons (Fsp3) is 0.762. The summed E-state index contributed by atoms with van der Waals surface area (Å²) in [5.41, 5.74) is 0. The molecule has 4 heteroatoms. The van der Waals surface area contributed by atoms with Gasteiger partial charge in [0, 0.05) is 12.8 Å². The van der Waals surface area contributed by atoms with Crippen LogP contribution in [0.4, 0.5) is 0 Å². The number of esters is 1. The molecule has 0 radical (unpaired) electrons. The Morgan fingerprint density at radius 1 is 0.478 bits per heavy atom. The molecular weight excluding hydrogens is 568 g/mol. The van der Waals surface area contributed by atoms with Crippen LogP contribution in [0.15, 0.2) is 48.6 Å². The molecule has 0 spiro atoms. The van der Waals surface area contributed by atoms with E-state index in [9.17, 15) is 9.59 Å². The Labute approximate surface area is 285 Å². The quantitative estimate of drug-likeness (QED) is 0.0424. The predicted molar refractivity (Wildman–Crippen MR) is 199 cm³/mol. The van der Waals surface area contributed by atoms with Gasteiger partial charge in [0.2, 0.25) is 0 Å². The molecule has 0 heterocycles. The van der Waals surface area contributed by atoms with Crippen LogP contribution in [0.1, 0.15) is 200 Å². The lowest BCUT2D eigenvalue weighted by molar-refractivity contribution is -0.150. The van der Waals surface area contributed by atoms with Crippen LogP contribution in [-0.4, -0.2) is 23.1 Å². The van der Waals surface area contributed by atoms with Crippen LogP contribution in [-0.2, 0) is 14.3 Å². The van der Waals surface area contributed by atoms with Gasteiger partial charge in [-0.1, -0.05) is 152 Å². The molecule has 0 aromatic heterocycles. The van der Waals surface area contributed by atoms with Crippen molar-refractivity contribution >= 4 is 11.9 Å². The van der Waals surface area contributed by atoms with Crippen LogP contribution in [0.5, 0.6) is 0 Å². The number of unbranched alkanes of at least 4 members (excludes halogenated alkanes) is 18. The van der Waals surface area contributed by atoms with Crippen molar-refractivity contribution in [2.45, 2.75) is 206 Å². The number of aliphatic carboxylic acids is 1.